The molecule has 2 N–H and O–H groups in total. The molecule has 0 aliphatic heterocycles. The lowest BCUT2D eigenvalue weighted by atomic mass is 9.71. The van der Waals surface area contributed by atoms with Gasteiger partial charge in [0.25, 0.3) is 0 Å². The van der Waals surface area contributed by atoms with Crippen molar-refractivity contribution >= 4 is 12.0 Å². The van der Waals surface area contributed by atoms with Crippen molar-refractivity contribution in [3.05, 3.63) is 0 Å². The molecule has 0 saturated heterocycles. The van der Waals surface area contributed by atoms with Gasteiger partial charge in [-0.15, -0.1) is 0 Å². The molecule has 108 valence electrons. The van der Waals surface area contributed by atoms with Gasteiger partial charge in [-0.25, -0.2) is 4.79 Å². The minimum Gasteiger partial charge on any atom is -0.481 e. The van der Waals surface area contributed by atoms with E-state index in [4.69, 9.17) is 0 Å². The van der Waals surface area contributed by atoms with E-state index in [2.05, 4.69) is 12.2 Å². The smallest absolute Gasteiger partial charge is 0.317 e. The van der Waals surface area contributed by atoms with Crippen molar-refractivity contribution in [2.45, 2.75) is 51.5 Å². The second-order valence-corrected chi connectivity index (χ2v) is 6.27. The van der Waals surface area contributed by atoms with Crippen molar-refractivity contribution in [3.63, 3.8) is 0 Å². The van der Waals surface area contributed by atoms with Crippen LogP contribution in [0.25, 0.3) is 0 Å². The van der Waals surface area contributed by atoms with Crippen molar-refractivity contribution < 1.29 is 14.7 Å². The number of nitrogens with zero attached hydrogens (tertiary/aromatic N) is 1. The van der Waals surface area contributed by atoms with Gasteiger partial charge < -0.3 is 15.3 Å². The molecule has 2 aliphatic carbocycles. The van der Waals surface area contributed by atoms with Crippen LogP contribution in [0.4, 0.5) is 4.79 Å². The molecule has 19 heavy (non-hydrogen) atoms. The highest BCUT2D eigenvalue weighted by Gasteiger charge is 2.42. The second-order valence-electron chi connectivity index (χ2n) is 6.27. The number of carbonyl (C=O) groups is 2. The number of nitrogens with one attached hydrogen (secondary N) is 1. The van der Waals surface area contributed by atoms with Crippen LogP contribution in [-0.2, 0) is 4.79 Å². The summed E-state index contributed by atoms with van der Waals surface area (Å²) in [6.45, 7) is 2.41. The first-order chi connectivity index (χ1) is 8.94. The Kier molecular flexibility index (Phi) is 4.02. The molecule has 5 heteroatoms. The fraction of sp³-hybridized carbons (Fsp3) is 0.857. The van der Waals surface area contributed by atoms with E-state index in [0.717, 1.165) is 25.7 Å². The average Bonchev–Trinajstić information content (AvgIpc) is 3.21. The monoisotopic (exact) mass is 268 g/mol. The molecule has 0 bridgehead atoms. The maximum Gasteiger partial charge on any atom is 0.317 e. The molecule has 0 atom stereocenters. The molecule has 2 fully saturated rings. The van der Waals surface area contributed by atoms with Crippen LogP contribution in [0.5, 0.6) is 0 Å². The predicted molar refractivity (Wildman–Crippen MR) is 71.9 cm³/mol. The zero-order valence-electron chi connectivity index (χ0n) is 11.8. The van der Waals surface area contributed by atoms with Gasteiger partial charge in [-0.05, 0) is 44.4 Å². The van der Waals surface area contributed by atoms with E-state index in [-0.39, 0.29) is 12.6 Å². The van der Waals surface area contributed by atoms with E-state index in [0.29, 0.717) is 24.8 Å². The third-order valence-corrected chi connectivity index (χ3v) is 4.68. The summed E-state index contributed by atoms with van der Waals surface area (Å²) in [5.41, 5.74) is -0.757. The molecule has 2 aliphatic rings. The standard InChI is InChI=1S/C14H24N2O3/c1-10-5-7-14(8-6-10,12(17)18)9-15-13(19)16(2)11-3-4-11/h10-11H,3-9H2,1-2H3,(H,15,19)(H,17,18). The third kappa shape index (κ3) is 3.19. The van der Waals surface area contributed by atoms with Crippen molar-refractivity contribution in [1.29, 1.82) is 0 Å². The first kappa shape index (κ1) is 14.2. The maximum atomic E-state index is 11.9. The zero-order valence-corrected chi connectivity index (χ0v) is 11.8. The number of carboxylic acids is 1. The van der Waals surface area contributed by atoms with Crippen molar-refractivity contribution in [1.82, 2.24) is 10.2 Å². The van der Waals surface area contributed by atoms with Crippen LogP contribution in [-0.4, -0.2) is 41.6 Å². The lowest BCUT2D eigenvalue weighted by Gasteiger charge is -2.36. The van der Waals surface area contributed by atoms with Gasteiger partial charge in [-0.3, -0.25) is 4.79 Å². The van der Waals surface area contributed by atoms with Crippen LogP contribution < -0.4 is 5.32 Å². The first-order valence-electron chi connectivity index (χ1n) is 7.19. The van der Waals surface area contributed by atoms with Crippen LogP contribution in [0.2, 0.25) is 0 Å². The molecule has 2 saturated carbocycles. The Morgan fingerprint density at radius 2 is 1.84 bits per heavy atom. The van der Waals surface area contributed by atoms with Gasteiger partial charge in [0.2, 0.25) is 0 Å². The summed E-state index contributed by atoms with van der Waals surface area (Å²) in [7, 11) is 1.78. The topological polar surface area (TPSA) is 69.6 Å². The lowest BCUT2D eigenvalue weighted by molar-refractivity contribution is -0.151. The number of amides is 2. The van der Waals surface area contributed by atoms with E-state index in [9.17, 15) is 14.7 Å². The number of hydrogen-bond acceptors (Lipinski definition) is 2. The van der Waals surface area contributed by atoms with Crippen LogP contribution in [0.1, 0.15) is 45.4 Å². The van der Waals surface area contributed by atoms with Crippen LogP contribution in [0.15, 0.2) is 0 Å². The number of aliphatic carboxylic acids is 1. The highest BCUT2D eigenvalue weighted by atomic mass is 16.4. The average molecular weight is 268 g/mol. The summed E-state index contributed by atoms with van der Waals surface area (Å²) in [6.07, 6.45) is 5.31. The quantitative estimate of drug-likeness (QED) is 0.820. The highest BCUT2D eigenvalue weighted by Crippen LogP contribution is 2.38. The minimum atomic E-state index is -0.770. The SMILES string of the molecule is CC1CCC(CNC(=O)N(C)C2CC2)(C(=O)O)CC1. The summed E-state index contributed by atoms with van der Waals surface area (Å²) in [4.78, 5) is 25.2. The van der Waals surface area contributed by atoms with E-state index in [1.807, 2.05) is 0 Å². The molecular formula is C14H24N2O3. The fourth-order valence-electron chi connectivity index (χ4n) is 2.78. The predicted octanol–water partition coefficient (Wildman–Crippen LogP) is 2.07. The number of carboxylic acid groups (broad SMARTS) is 1. The van der Waals surface area contributed by atoms with E-state index >= 15 is 0 Å². The summed E-state index contributed by atoms with van der Waals surface area (Å²) in [6, 6.07) is 0.217. The summed E-state index contributed by atoms with van der Waals surface area (Å²) in [5.74, 6) is -0.175. The third-order valence-electron chi connectivity index (χ3n) is 4.68. The van der Waals surface area contributed by atoms with Crippen LogP contribution in [0.3, 0.4) is 0 Å². The highest BCUT2D eigenvalue weighted by molar-refractivity contribution is 5.78. The van der Waals surface area contributed by atoms with Crippen molar-refractivity contribution in [3.8, 4) is 0 Å². The van der Waals surface area contributed by atoms with Gasteiger partial charge in [0.1, 0.15) is 0 Å². The van der Waals surface area contributed by atoms with Crippen LogP contribution in [0, 0.1) is 11.3 Å². The molecule has 0 spiro atoms. The first-order valence-corrected chi connectivity index (χ1v) is 7.19. The van der Waals surface area contributed by atoms with Gasteiger partial charge >= 0.3 is 12.0 Å². The van der Waals surface area contributed by atoms with E-state index in [1.165, 1.54) is 0 Å². The second kappa shape index (κ2) is 5.39. The Morgan fingerprint density at radius 3 is 2.32 bits per heavy atom. The Labute approximate surface area is 114 Å². The van der Waals surface area contributed by atoms with Gasteiger partial charge in [0.15, 0.2) is 0 Å². The van der Waals surface area contributed by atoms with Gasteiger partial charge in [0, 0.05) is 19.6 Å². The number of hydrogen-bond donors (Lipinski definition) is 2. The zero-order chi connectivity index (χ0) is 14.0. The molecule has 0 radical (unpaired) electrons. The molecule has 0 aromatic carbocycles. The molecule has 0 heterocycles. The summed E-state index contributed by atoms with van der Waals surface area (Å²) < 4.78 is 0. The number of carbonyl (C=O) groups excluding carboxylic acids is 1. The molecule has 0 aromatic rings. The van der Waals surface area contributed by atoms with Gasteiger partial charge in [0.05, 0.1) is 5.41 Å². The lowest BCUT2D eigenvalue weighted by Crippen LogP contribution is -2.48. The molecule has 0 aromatic heterocycles. The minimum absolute atomic E-state index is 0.137. The Morgan fingerprint density at radius 1 is 1.26 bits per heavy atom. The molecule has 2 amide bonds. The largest absolute Gasteiger partial charge is 0.481 e. The molecule has 5 nitrogen and oxygen atoms in total. The normalized spacial score (nSPS) is 30.7. The maximum absolute atomic E-state index is 11.9. The van der Waals surface area contributed by atoms with E-state index in [1.54, 1.807) is 11.9 Å². The number of rotatable bonds is 4. The summed E-state index contributed by atoms with van der Waals surface area (Å²) >= 11 is 0. The molecule has 2 rings (SSSR count). The summed E-state index contributed by atoms with van der Waals surface area (Å²) in [5, 5.41) is 12.3. The molecular weight excluding hydrogens is 244 g/mol. The van der Waals surface area contributed by atoms with Gasteiger partial charge in [-0.1, -0.05) is 6.92 Å². The van der Waals surface area contributed by atoms with E-state index < -0.39 is 11.4 Å². The number of urea groups is 1. The Balaban J connectivity index is 1.90. The fourth-order valence-corrected chi connectivity index (χ4v) is 2.78. The Hall–Kier alpha value is -1.26. The van der Waals surface area contributed by atoms with Crippen molar-refractivity contribution in [2.24, 2.45) is 11.3 Å². The van der Waals surface area contributed by atoms with Gasteiger partial charge in [-0.2, -0.15) is 0 Å². The Bertz CT molecular complexity index is 358. The van der Waals surface area contributed by atoms with Crippen molar-refractivity contribution in [2.75, 3.05) is 13.6 Å². The van der Waals surface area contributed by atoms with Crippen LogP contribution >= 0.6 is 0 Å². The molecule has 0 unspecified atom stereocenters.